The molecule has 0 aromatic heterocycles. The van der Waals surface area contributed by atoms with E-state index < -0.39 is 36.7 Å². The highest BCUT2D eigenvalue weighted by molar-refractivity contribution is 6.35. The van der Waals surface area contributed by atoms with Crippen molar-refractivity contribution in [2.24, 2.45) is 0 Å². The Labute approximate surface area is 98.6 Å². The molecule has 0 aromatic carbocycles. The van der Waals surface area contributed by atoms with Crippen molar-refractivity contribution < 1.29 is 34.8 Å². The number of unbranched alkanes of at least 4 members (excludes halogenated alkanes) is 1. The SMILES string of the molecule is CCCCOC(=O)C(=O)[C@H](O)[C@@H](O)[C@H](O)CO. The molecule has 0 spiro atoms. The number of hydrogen-bond acceptors (Lipinski definition) is 7. The molecule has 0 unspecified atom stereocenters. The fraction of sp³-hybridized carbons (Fsp3) is 0.800. The fourth-order valence-corrected chi connectivity index (χ4v) is 0.975. The lowest BCUT2D eigenvalue weighted by Crippen LogP contribution is -2.46. The second kappa shape index (κ2) is 8.13. The highest BCUT2D eigenvalue weighted by Gasteiger charge is 2.34. The molecule has 3 atom stereocenters. The van der Waals surface area contributed by atoms with Crippen LogP contribution in [0, 0.1) is 0 Å². The van der Waals surface area contributed by atoms with Crippen molar-refractivity contribution >= 4 is 11.8 Å². The number of hydrogen-bond donors (Lipinski definition) is 4. The first-order chi connectivity index (χ1) is 7.95. The van der Waals surface area contributed by atoms with Gasteiger partial charge >= 0.3 is 5.97 Å². The molecular formula is C10H18O7. The van der Waals surface area contributed by atoms with Crippen molar-refractivity contribution in [3.8, 4) is 0 Å². The maximum atomic E-state index is 11.2. The van der Waals surface area contributed by atoms with Gasteiger partial charge in [-0.2, -0.15) is 0 Å². The molecule has 7 nitrogen and oxygen atoms in total. The van der Waals surface area contributed by atoms with Crippen LogP contribution in [0.2, 0.25) is 0 Å². The zero-order chi connectivity index (χ0) is 13.4. The van der Waals surface area contributed by atoms with Crippen LogP contribution in [0.25, 0.3) is 0 Å². The molecule has 0 aliphatic rings. The average Bonchev–Trinajstić information content (AvgIpc) is 2.35. The van der Waals surface area contributed by atoms with Crippen LogP contribution in [0.1, 0.15) is 19.8 Å². The number of ether oxygens (including phenoxy) is 1. The van der Waals surface area contributed by atoms with E-state index in [1.165, 1.54) is 0 Å². The van der Waals surface area contributed by atoms with E-state index in [0.29, 0.717) is 6.42 Å². The number of carbonyl (C=O) groups excluding carboxylic acids is 2. The lowest BCUT2D eigenvalue weighted by Gasteiger charge is -2.19. The molecule has 0 bridgehead atoms. The highest BCUT2D eigenvalue weighted by atomic mass is 16.5. The standard InChI is InChI=1S/C10H18O7/c1-2-3-4-17-10(16)9(15)8(14)7(13)6(12)5-11/h6-8,11-14H,2-5H2,1H3/t6-,7+,8-/m1/s1. The third-order valence-electron chi connectivity index (χ3n) is 2.11. The zero-order valence-corrected chi connectivity index (χ0v) is 9.57. The van der Waals surface area contributed by atoms with Gasteiger partial charge in [0.15, 0.2) is 6.10 Å². The molecule has 0 radical (unpaired) electrons. The van der Waals surface area contributed by atoms with Crippen LogP contribution in [-0.4, -0.2) is 63.7 Å². The Bertz CT molecular complexity index is 253. The predicted octanol–water partition coefficient (Wildman–Crippen LogP) is -2.03. The van der Waals surface area contributed by atoms with Crippen molar-refractivity contribution in [1.29, 1.82) is 0 Å². The van der Waals surface area contributed by atoms with Crippen molar-refractivity contribution in [2.75, 3.05) is 13.2 Å². The third-order valence-corrected chi connectivity index (χ3v) is 2.11. The molecule has 0 aromatic rings. The quantitative estimate of drug-likeness (QED) is 0.222. The Balaban J connectivity index is 4.24. The summed E-state index contributed by atoms with van der Waals surface area (Å²) >= 11 is 0. The smallest absolute Gasteiger partial charge is 0.377 e. The number of aliphatic hydroxyl groups excluding tert-OH is 4. The molecule has 0 saturated carbocycles. The van der Waals surface area contributed by atoms with Gasteiger partial charge in [0.05, 0.1) is 13.2 Å². The van der Waals surface area contributed by atoms with E-state index in [0.717, 1.165) is 6.42 Å². The van der Waals surface area contributed by atoms with Crippen LogP contribution >= 0.6 is 0 Å². The van der Waals surface area contributed by atoms with Crippen molar-refractivity contribution in [2.45, 2.75) is 38.1 Å². The molecule has 4 N–H and O–H groups in total. The van der Waals surface area contributed by atoms with Crippen LogP contribution in [0.15, 0.2) is 0 Å². The molecule has 17 heavy (non-hydrogen) atoms. The molecule has 0 saturated heterocycles. The Morgan fingerprint density at radius 1 is 1.24 bits per heavy atom. The number of Topliss-reactive ketones (excluding diaryl/α,β-unsaturated/α-hetero) is 1. The van der Waals surface area contributed by atoms with Gasteiger partial charge in [-0.1, -0.05) is 13.3 Å². The molecule has 0 amide bonds. The summed E-state index contributed by atoms with van der Waals surface area (Å²) < 4.78 is 4.53. The minimum Gasteiger partial charge on any atom is -0.460 e. The molecule has 0 fully saturated rings. The Hall–Kier alpha value is -1.02. The molecular weight excluding hydrogens is 232 g/mol. The maximum Gasteiger partial charge on any atom is 0.377 e. The van der Waals surface area contributed by atoms with E-state index >= 15 is 0 Å². The number of ketones is 1. The summed E-state index contributed by atoms with van der Waals surface area (Å²) in [5, 5.41) is 35.9. The summed E-state index contributed by atoms with van der Waals surface area (Å²) in [4.78, 5) is 22.3. The lowest BCUT2D eigenvalue weighted by atomic mass is 10.1. The van der Waals surface area contributed by atoms with Crippen LogP contribution in [-0.2, 0) is 14.3 Å². The predicted molar refractivity (Wildman–Crippen MR) is 56.0 cm³/mol. The van der Waals surface area contributed by atoms with Gasteiger partial charge < -0.3 is 25.2 Å². The zero-order valence-electron chi connectivity index (χ0n) is 9.57. The monoisotopic (exact) mass is 250 g/mol. The number of esters is 1. The fourth-order valence-electron chi connectivity index (χ4n) is 0.975. The minimum atomic E-state index is -2.11. The summed E-state index contributed by atoms with van der Waals surface area (Å²) in [5.74, 6) is -2.61. The molecule has 100 valence electrons. The summed E-state index contributed by atoms with van der Waals surface area (Å²) in [6.07, 6.45) is -4.37. The van der Waals surface area contributed by atoms with Gasteiger partial charge in [-0.25, -0.2) is 4.79 Å². The van der Waals surface area contributed by atoms with E-state index in [9.17, 15) is 19.8 Å². The normalized spacial score (nSPS) is 16.1. The van der Waals surface area contributed by atoms with Gasteiger partial charge in [-0.05, 0) is 6.42 Å². The van der Waals surface area contributed by atoms with E-state index in [-0.39, 0.29) is 6.61 Å². The van der Waals surface area contributed by atoms with Gasteiger partial charge in [-0.15, -0.1) is 0 Å². The van der Waals surface area contributed by atoms with Crippen LogP contribution in [0.4, 0.5) is 0 Å². The van der Waals surface area contributed by atoms with E-state index in [1.54, 1.807) is 0 Å². The minimum absolute atomic E-state index is 0.0481. The first-order valence-electron chi connectivity index (χ1n) is 5.31. The van der Waals surface area contributed by atoms with Gasteiger partial charge in [0.2, 0.25) is 0 Å². The Morgan fingerprint density at radius 2 is 1.82 bits per heavy atom. The van der Waals surface area contributed by atoms with Crippen LogP contribution < -0.4 is 0 Å². The van der Waals surface area contributed by atoms with Gasteiger partial charge in [0.25, 0.3) is 5.78 Å². The average molecular weight is 250 g/mol. The van der Waals surface area contributed by atoms with Crippen LogP contribution in [0.5, 0.6) is 0 Å². The number of rotatable bonds is 8. The number of carbonyl (C=O) groups is 2. The second-order valence-electron chi connectivity index (χ2n) is 3.54. The molecule has 0 heterocycles. The third kappa shape index (κ3) is 5.22. The molecule has 7 heteroatoms. The lowest BCUT2D eigenvalue weighted by molar-refractivity contribution is -0.163. The van der Waals surface area contributed by atoms with Crippen LogP contribution in [0.3, 0.4) is 0 Å². The largest absolute Gasteiger partial charge is 0.460 e. The molecule has 0 rings (SSSR count). The topological polar surface area (TPSA) is 124 Å². The summed E-state index contributed by atoms with van der Waals surface area (Å²) in [7, 11) is 0. The number of aliphatic hydroxyl groups is 4. The van der Waals surface area contributed by atoms with E-state index in [2.05, 4.69) is 4.74 Å². The van der Waals surface area contributed by atoms with Gasteiger partial charge in [-0.3, -0.25) is 4.79 Å². The van der Waals surface area contributed by atoms with Gasteiger partial charge in [0.1, 0.15) is 12.2 Å². The van der Waals surface area contributed by atoms with Crippen molar-refractivity contribution in [3.63, 3.8) is 0 Å². The highest BCUT2D eigenvalue weighted by Crippen LogP contribution is 2.03. The maximum absolute atomic E-state index is 11.2. The Kier molecular flexibility index (Phi) is 7.64. The summed E-state index contributed by atoms with van der Waals surface area (Å²) in [6, 6.07) is 0. The van der Waals surface area contributed by atoms with Gasteiger partial charge in [0, 0.05) is 0 Å². The first-order valence-corrected chi connectivity index (χ1v) is 5.31. The summed E-state index contributed by atoms with van der Waals surface area (Å²) in [6.45, 7) is 1.08. The first kappa shape index (κ1) is 16.0. The second-order valence-corrected chi connectivity index (χ2v) is 3.54. The molecule has 0 aliphatic heterocycles. The van der Waals surface area contributed by atoms with Crippen molar-refractivity contribution in [3.05, 3.63) is 0 Å². The van der Waals surface area contributed by atoms with E-state index in [4.69, 9.17) is 10.2 Å². The Morgan fingerprint density at radius 3 is 2.29 bits per heavy atom. The summed E-state index contributed by atoms with van der Waals surface area (Å²) in [5.41, 5.74) is 0. The molecule has 0 aliphatic carbocycles. The van der Waals surface area contributed by atoms with Crippen molar-refractivity contribution in [1.82, 2.24) is 0 Å². The van der Waals surface area contributed by atoms with E-state index in [1.807, 2.05) is 6.92 Å².